The van der Waals surface area contributed by atoms with Crippen molar-refractivity contribution >= 4 is 41.0 Å². The lowest BCUT2D eigenvalue weighted by Crippen LogP contribution is -2.43. The molecule has 0 spiro atoms. The van der Waals surface area contributed by atoms with Crippen LogP contribution in [-0.2, 0) is 11.3 Å². The maximum absolute atomic E-state index is 12.9. The van der Waals surface area contributed by atoms with Crippen molar-refractivity contribution in [1.29, 1.82) is 0 Å². The van der Waals surface area contributed by atoms with Crippen molar-refractivity contribution < 1.29 is 4.79 Å². The number of hydrogen-bond acceptors (Lipinski definition) is 6. The predicted octanol–water partition coefficient (Wildman–Crippen LogP) is 4.42. The summed E-state index contributed by atoms with van der Waals surface area (Å²) < 4.78 is 0. The molecule has 9 heteroatoms. The normalized spacial score (nSPS) is 16.0. The van der Waals surface area contributed by atoms with Crippen LogP contribution in [0.1, 0.15) is 18.4 Å². The molecular weight excluding hydrogens is 447 g/mol. The standard InChI is InChI=1S/C23H24Cl2N6O/c1-26-22-28-20(15-6-3-2-4-7-15)29-23(30-22)31-11-5-8-17(14-31)21(32)27-13-16-9-10-18(24)12-19(16)25/h2-4,6-7,9-10,12,17H,5,8,11,13-14H2,1H3,(H,27,32)(H,26,28,29,30). The lowest BCUT2D eigenvalue weighted by molar-refractivity contribution is -0.125. The van der Waals surface area contributed by atoms with E-state index >= 15 is 0 Å². The van der Waals surface area contributed by atoms with Crippen molar-refractivity contribution in [3.63, 3.8) is 0 Å². The first-order valence-corrected chi connectivity index (χ1v) is 11.2. The zero-order valence-corrected chi connectivity index (χ0v) is 19.2. The minimum absolute atomic E-state index is 0.00750. The van der Waals surface area contributed by atoms with E-state index < -0.39 is 0 Å². The number of aromatic nitrogens is 3. The molecule has 1 saturated heterocycles. The summed E-state index contributed by atoms with van der Waals surface area (Å²) in [4.78, 5) is 28.6. The number of piperidine rings is 1. The highest BCUT2D eigenvalue weighted by Crippen LogP contribution is 2.25. The van der Waals surface area contributed by atoms with Crippen molar-refractivity contribution in [2.24, 2.45) is 5.92 Å². The molecule has 2 heterocycles. The summed E-state index contributed by atoms with van der Waals surface area (Å²) in [5.74, 6) is 1.50. The van der Waals surface area contributed by atoms with Crippen LogP contribution >= 0.6 is 23.2 Å². The third-order valence-electron chi connectivity index (χ3n) is 5.42. The fourth-order valence-corrected chi connectivity index (χ4v) is 4.17. The lowest BCUT2D eigenvalue weighted by Gasteiger charge is -2.32. The molecule has 4 rings (SSSR count). The minimum Gasteiger partial charge on any atom is -0.357 e. The molecule has 1 aliphatic heterocycles. The maximum Gasteiger partial charge on any atom is 0.230 e. The monoisotopic (exact) mass is 470 g/mol. The molecule has 1 aliphatic rings. The van der Waals surface area contributed by atoms with Crippen LogP contribution < -0.4 is 15.5 Å². The van der Waals surface area contributed by atoms with Gasteiger partial charge in [0, 0.05) is 42.3 Å². The summed E-state index contributed by atoms with van der Waals surface area (Å²) in [5, 5.41) is 7.12. The number of hydrogen-bond donors (Lipinski definition) is 2. The molecule has 3 aromatic rings. The van der Waals surface area contributed by atoms with Crippen LogP contribution in [0.2, 0.25) is 10.0 Å². The van der Waals surface area contributed by atoms with Gasteiger partial charge in [0.05, 0.1) is 5.92 Å². The van der Waals surface area contributed by atoms with Crippen LogP contribution in [0.5, 0.6) is 0 Å². The zero-order valence-electron chi connectivity index (χ0n) is 17.7. The number of rotatable bonds is 6. The second-order valence-corrected chi connectivity index (χ2v) is 8.48. The van der Waals surface area contributed by atoms with Gasteiger partial charge in [-0.1, -0.05) is 59.6 Å². The molecule has 2 N–H and O–H groups in total. The van der Waals surface area contributed by atoms with E-state index in [0.29, 0.717) is 40.9 Å². The number of amides is 1. The Labute approximate surface area is 197 Å². The van der Waals surface area contributed by atoms with E-state index in [1.54, 1.807) is 19.2 Å². The second-order valence-electron chi connectivity index (χ2n) is 7.64. The molecule has 1 unspecified atom stereocenters. The Morgan fingerprint density at radius 3 is 2.69 bits per heavy atom. The van der Waals surface area contributed by atoms with Crippen LogP contribution in [0.25, 0.3) is 11.4 Å². The molecule has 1 amide bonds. The number of halogens is 2. The zero-order chi connectivity index (χ0) is 22.5. The lowest BCUT2D eigenvalue weighted by atomic mass is 9.97. The molecule has 1 fully saturated rings. The molecule has 0 radical (unpaired) electrons. The van der Waals surface area contributed by atoms with Gasteiger partial charge < -0.3 is 15.5 Å². The Bertz CT molecular complexity index is 1100. The largest absolute Gasteiger partial charge is 0.357 e. The average molecular weight is 471 g/mol. The van der Waals surface area contributed by atoms with Gasteiger partial charge >= 0.3 is 0 Å². The number of nitrogens with one attached hydrogen (secondary N) is 2. The fraction of sp³-hybridized carbons (Fsp3) is 0.304. The summed E-state index contributed by atoms with van der Waals surface area (Å²) in [6, 6.07) is 15.1. The van der Waals surface area contributed by atoms with E-state index in [2.05, 4.69) is 30.5 Å². The van der Waals surface area contributed by atoms with E-state index in [4.69, 9.17) is 23.2 Å². The summed E-state index contributed by atoms with van der Waals surface area (Å²) in [6.45, 7) is 1.69. The first kappa shape index (κ1) is 22.3. The Morgan fingerprint density at radius 2 is 1.94 bits per heavy atom. The highest BCUT2D eigenvalue weighted by atomic mass is 35.5. The van der Waals surface area contributed by atoms with Gasteiger partial charge in [-0.2, -0.15) is 15.0 Å². The summed E-state index contributed by atoms with van der Waals surface area (Å²) >= 11 is 12.2. The van der Waals surface area contributed by atoms with Crippen molar-refractivity contribution in [2.45, 2.75) is 19.4 Å². The van der Waals surface area contributed by atoms with E-state index in [1.807, 2.05) is 36.4 Å². The summed E-state index contributed by atoms with van der Waals surface area (Å²) in [5.41, 5.74) is 1.75. The molecule has 7 nitrogen and oxygen atoms in total. The van der Waals surface area contributed by atoms with Gasteiger partial charge in [-0.05, 0) is 30.5 Å². The van der Waals surface area contributed by atoms with Gasteiger partial charge in [-0.3, -0.25) is 4.79 Å². The van der Waals surface area contributed by atoms with Gasteiger partial charge in [-0.25, -0.2) is 0 Å². The summed E-state index contributed by atoms with van der Waals surface area (Å²) in [7, 11) is 1.78. The van der Waals surface area contributed by atoms with E-state index in [9.17, 15) is 4.79 Å². The number of carbonyl (C=O) groups is 1. The third kappa shape index (κ3) is 5.29. The van der Waals surface area contributed by atoms with Gasteiger partial charge in [0.15, 0.2) is 5.82 Å². The van der Waals surface area contributed by atoms with Crippen molar-refractivity contribution in [2.75, 3.05) is 30.4 Å². The molecule has 0 aliphatic carbocycles. The second kappa shape index (κ2) is 10.1. The van der Waals surface area contributed by atoms with Crippen LogP contribution in [0, 0.1) is 5.92 Å². The first-order valence-electron chi connectivity index (χ1n) is 10.5. The smallest absolute Gasteiger partial charge is 0.230 e. The van der Waals surface area contributed by atoms with E-state index in [0.717, 1.165) is 30.5 Å². The topological polar surface area (TPSA) is 83.0 Å². The summed E-state index contributed by atoms with van der Waals surface area (Å²) in [6.07, 6.45) is 1.69. The van der Waals surface area contributed by atoms with Gasteiger partial charge in [0.2, 0.25) is 17.8 Å². The Kier molecular flexibility index (Phi) is 7.07. The van der Waals surface area contributed by atoms with Crippen LogP contribution in [0.4, 0.5) is 11.9 Å². The fourth-order valence-electron chi connectivity index (χ4n) is 3.70. The van der Waals surface area contributed by atoms with Crippen LogP contribution in [0.3, 0.4) is 0 Å². The van der Waals surface area contributed by atoms with Crippen molar-refractivity contribution in [1.82, 2.24) is 20.3 Å². The SMILES string of the molecule is CNc1nc(-c2ccccc2)nc(N2CCCC(C(=O)NCc3ccc(Cl)cc3Cl)C2)n1. The minimum atomic E-state index is -0.162. The van der Waals surface area contributed by atoms with Gasteiger partial charge in [0.25, 0.3) is 0 Å². The third-order valence-corrected chi connectivity index (χ3v) is 6.01. The molecule has 32 heavy (non-hydrogen) atoms. The highest BCUT2D eigenvalue weighted by molar-refractivity contribution is 6.35. The molecule has 1 atom stereocenters. The first-order chi connectivity index (χ1) is 15.5. The Hall–Kier alpha value is -2.90. The molecular formula is C23H24Cl2N6O. The predicted molar refractivity (Wildman–Crippen MR) is 128 cm³/mol. The average Bonchev–Trinajstić information content (AvgIpc) is 2.83. The van der Waals surface area contributed by atoms with Gasteiger partial charge in [0.1, 0.15) is 0 Å². The molecule has 0 bridgehead atoms. The van der Waals surface area contributed by atoms with E-state index in [-0.39, 0.29) is 11.8 Å². The van der Waals surface area contributed by atoms with Crippen molar-refractivity contribution in [3.8, 4) is 11.4 Å². The number of benzene rings is 2. The van der Waals surface area contributed by atoms with Gasteiger partial charge in [-0.15, -0.1) is 0 Å². The molecule has 2 aromatic carbocycles. The van der Waals surface area contributed by atoms with Crippen LogP contribution in [-0.4, -0.2) is 41.0 Å². The molecule has 166 valence electrons. The number of nitrogens with zero attached hydrogens (tertiary/aromatic N) is 4. The molecule has 1 aromatic heterocycles. The Balaban J connectivity index is 1.47. The van der Waals surface area contributed by atoms with Crippen LogP contribution in [0.15, 0.2) is 48.5 Å². The highest BCUT2D eigenvalue weighted by Gasteiger charge is 2.28. The maximum atomic E-state index is 12.9. The number of anilines is 2. The quantitative estimate of drug-likeness (QED) is 0.554. The van der Waals surface area contributed by atoms with E-state index in [1.165, 1.54) is 0 Å². The Morgan fingerprint density at radius 1 is 1.12 bits per heavy atom. The number of carbonyl (C=O) groups excluding carboxylic acids is 1. The molecule has 0 saturated carbocycles. The van der Waals surface area contributed by atoms with Crippen molar-refractivity contribution in [3.05, 3.63) is 64.1 Å².